The fourth-order valence-electron chi connectivity index (χ4n) is 1.33. The predicted octanol–water partition coefficient (Wildman–Crippen LogP) is 0.0160. The maximum Gasteiger partial charge on any atom is 0.341 e. The van der Waals surface area contributed by atoms with Crippen molar-refractivity contribution in [3.05, 3.63) is 34.9 Å². The van der Waals surface area contributed by atoms with Crippen LogP contribution in [0.25, 0.3) is 0 Å². The van der Waals surface area contributed by atoms with Crippen LogP contribution < -0.4 is 5.73 Å². The molecule has 0 spiro atoms. The quantitative estimate of drug-likeness (QED) is 0.600. The van der Waals surface area contributed by atoms with Crippen LogP contribution in [0, 0.1) is 11.6 Å². The molecule has 0 saturated heterocycles. The Hall–Kier alpha value is -1.57. The lowest BCUT2D eigenvalue weighted by atomic mass is 10.0. The molecule has 0 aliphatic carbocycles. The zero-order valence-electron chi connectivity index (χ0n) is 8.60. The molecule has 94 valence electrons. The lowest BCUT2D eigenvalue weighted by Crippen LogP contribution is -2.28. The third kappa shape index (κ3) is 2.57. The van der Waals surface area contributed by atoms with E-state index in [0.717, 1.165) is 6.07 Å². The normalized spacial score (nSPS) is 14.4. The highest BCUT2D eigenvalue weighted by Crippen LogP contribution is 2.24. The highest BCUT2D eigenvalue weighted by Gasteiger charge is 2.26. The maximum atomic E-state index is 13.6. The fourth-order valence-corrected chi connectivity index (χ4v) is 1.33. The number of hydrogen-bond donors (Lipinski definition) is 4. The van der Waals surface area contributed by atoms with E-state index in [1.165, 1.54) is 0 Å². The number of carboxylic acid groups (broad SMARTS) is 1. The first-order chi connectivity index (χ1) is 7.90. The molecular formula is C10H11F2NO4. The summed E-state index contributed by atoms with van der Waals surface area (Å²) in [5.41, 5.74) is 3.38. The van der Waals surface area contributed by atoms with Gasteiger partial charge in [0, 0.05) is 12.1 Å². The van der Waals surface area contributed by atoms with E-state index >= 15 is 0 Å². The SMILES string of the molecule is NCC(O)C(O)c1ccc(F)c(C(=O)O)c1F. The largest absolute Gasteiger partial charge is 0.477 e. The van der Waals surface area contributed by atoms with Crippen molar-refractivity contribution >= 4 is 5.97 Å². The molecule has 0 radical (unpaired) electrons. The Balaban J connectivity index is 3.28. The summed E-state index contributed by atoms with van der Waals surface area (Å²) < 4.78 is 26.6. The Morgan fingerprint density at radius 2 is 1.94 bits per heavy atom. The van der Waals surface area contributed by atoms with Crippen molar-refractivity contribution < 1.29 is 28.9 Å². The average molecular weight is 247 g/mol. The number of benzene rings is 1. The minimum Gasteiger partial charge on any atom is -0.477 e. The summed E-state index contributed by atoms with van der Waals surface area (Å²) >= 11 is 0. The van der Waals surface area contributed by atoms with Crippen molar-refractivity contribution in [3.63, 3.8) is 0 Å². The van der Waals surface area contributed by atoms with E-state index in [4.69, 9.17) is 10.8 Å². The van der Waals surface area contributed by atoms with E-state index in [-0.39, 0.29) is 6.54 Å². The van der Waals surface area contributed by atoms with Crippen molar-refractivity contribution in [2.75, 3.05) is 6.54 Å². The summed E-state index contributed by atoms with van der Waals surface area (Å²) in [7, 11) is 0. The van der Waals surface area contributed by atoms with E-state index in [1.54, 1.807) is 0 Å². The summed E-state index contributed by atoms with van der Waals surface area (Å²) in [4.78, 5) is 10.6. The number of rotatable bonds is 4. The topological polar surface area (TPSA) is 104 Å². The highest BCUT2D eigenvalue weighted by atomic mass is 19.1. The van der Waals surface area contributed by atoms with E-state index in [9.17, 15) is 23.8 Å². The molecule has 0 fully saturated rings. The zero-order chi connectivity index (χ0) is 13.2. The maximum absolute atomic E-state index is 13.6. The second kappa shape index (κ2) is 5.17. The first kappa shape index (κ1) is 13.5. The standard InChI is InChI=1S/C10H11F2NO4/c11-5-2-1-4(9(15)6(14)3-13)8(12)7(5)10(16)17/h1-2,6,9,14-15H,3,13H2,(H,16,17). The minimum absolute atomic E-state index is 0.347. The molecule has 1 aromatic carbocycles. The van der Waals surface area contributed by atoms with Crippen molar-refractivity contribution in [2.24, 2.45) is 5.73 Å². The van der Waals surface area contributed by atoms with Gasteiger partial charge in [0.2, 0.25) is 0 Å². The minimum atomic E-state index is -1.80. The molecule has 0 aliphatic heterocycles. The lowest BCUT2D eigenvalue weighted by molar-refractivity contribution is 0.0219. The molecule has 17 heavy (non-hydrogen) atoms. The number of carbonyl (C=O) groups is 1. The Morgan fingerprint density at radius 3 is 2.41 bits per heavy atom. The van der Waals surface area contributed by atoms with Crippen LogP contribution in [0.1, 0.15) is 22.0 Å². The average Bonchev–Trinajstić information content (AvgIpc) is 2.27. The highest BCUT2D eigenvalue weighted by molar-refractivity contribution is 5.88. The van der Waals surface area contributed by atoms with Crippen molar-refractivity contribution in [1.82, 2.24) is 0 Å². The van der Waals surface area contributed by atoms with Crippen LogP contribution in [0.3, 0.4) is 0 Å². The van der Waals surface area contributed by atoms with Crippen molar-refractivity contribution in [3.8, 4) is 0 Å². The van der Waals surface area contributed by atoms with Gasteiger partial charge in [0.15, 0.2) is 0 Å². The molecule has 1 rings (SSSR count). The first-order valence-corrected chi connectivity index (χ1v) is 4.67. The van der Waals surface area contributed by atoms with Gasteiger partial charge in [-0.2, -0.15) is 0 Å². The van der Waals surface area contributed by atoms with Crippen LogP contribution >= 0.6 is 0 Å². The molecule has 5 nitrogen and oxygen atoms in total. The van der Waals surface area contributed by atoms with Gasteiger partial charge in [-0.15, -0.1) is 0 Å². The van der Waals surface area contributed by atoms with Crippen LogP contribution in [0.4, 0.5) is 8.78 Å². The van der Waals surface area contributed by atoms with Gasteiger partial charge < -0.3 is 21.1 Å². The van der Waals surface area contributed by atoms with Crippen LogP contribution in [0.5, 0.6) is 0 Å². The Labute approximate surface area is 95.1 Å². The summed E-state index contributed by atoms with van der Waals surface area (Å²) in [5.74, 6) is -4.47. The molecule has 0 aliphatic rings. The van der Waals surface area contributed by atoms with Crippen LogP contribution in [-0.2, 0) is 0 Å². The molecule has 0 amide bonds. The molecule has 2 unspecified atom stereocenters. The summed E-state index contributed by atoms with van der Waals surface area (Å²) in [6, 6.07) is 1.56. The molecule has 0 saturated carbocycles. The van der Waals surface area contributed by atoms with Crippen molar-refractivity contribution in [2.45, 2.75) is 12.2 Å². The lowest BCUT2D eigenvalue weighted by Gasteiger charge is -2.17. The molecule has 7 heteroatoms. The Kier molecular flexibility index (Phi) is 4.11. The molecule has 0 bridgehead atoms. The van der Waals surface area contributed by atoms with Gasteiger partial charge in [-0.1, -0.05) is 6.07 Å². The number of aromatic carboxylic acids is 1. The van der Waals surface area contributed by atoms with E-state index < -0.39 is 40.9 Å². The molecule has 0 heterocycles. The third-order valence-electron chi connectivity index (χ3n) is 2.26. The van der Waals surface area contributed by atoms with E-state index in [1.807, 2.05) is 0 Å². The van der Waals surface area contributed by atoms with Gasteiger partial charge in [-0.25, -0.2) is 13.6 Å². The van der Waals surface area contributed by atoms with Crippen LogP contribution in [0.15, 0.2) is 12.1 Å². The van der Waals surface area contributed by atoms with E-state index in [2.05, 4.69) is 0 Å². The molecule has 1 aromatic rings. The van der Waals surface area contributed by atoms with Gasteiger partial charge >= 0.3 is 5.97 Å². The second-order valence-corrected chi connectivity index (χ2v) is 3.38. The number of nitrogens with two attached hydrogens (primary N) is 1. The van der Waals surface area contributed by atoms with Crippen LogP contribution in [-0.4, -0.2) is 33.9 Å². The van der Waals surface area contributed by atoms with Crippen molar-refractivity contribution in [1.29, 1.82) is 0 Å². The van der Waals surface area contributed by atoms with Gasteiger partial charge in [-0.3, -0.25) is 0 Å². The molecular weight excluding hydrogens is 236 g/mol. The van der Waals surface area contributed by atoms with E-state index in [0.29, 0.717) is 6.07 Å². The summed E-state index contributed by atoms with van der Waals surface area (Å²) in [5, 5.41) is 27.3. The predicted molar refractivity (Wildman–Crippen MR) is 53.3 cm³/mol. The zero-order valence-corrected chi connectivity index (χ0v) is 8.60. The number of aliphatic hydroxyl groups is 2. The van der Waals surface area contributed by atoms with Gasteiger partial charge in [0.25, 0.3) is 0 Å². The van der Waals surface area contributed by atoms with Gasteiger partial charge in [0.1, 0.15) is 23.3 Å². The van der Waals surface area contributed by atoms with Gasteiger partial charge in [0.05, 0.1) is 6.10 Å². The third-order valence-corrected chi connectivity index (χ3v) is 2.26. The number of aliphatic hydroxyl groups excluding tert-OH is 2. The summed E-state index contributed by atoms with van der Waals surface area (Å²) in [6.07, 6.45) is -3.17. The Morgan fingerprint density at radius 1 is 1.35 bits per heavy atom. The number of hydrogen-bond acceptors (Lipinski definition) is 4. The number of halogens is 2. The monoisotopic (exact) mass is 247 g/mol. The summed E-state index contributed by atoms with van der Waals surface area (Å²) in [6.45, 7) is -0.347. The molecule has 0 aromatic heterocycles. The number of carboxylic acids is 1. The van der Waals surface area contributed by atoms with Crippen LogP contribution in [0.2, 0.25) is 0 Å². The Bertz CT molecular complexity index is 439. The molecule has 5 N–H and O–H groups in total. The van der Waals surface area contributed by atoms with Gasteiger partial charge in [-0.05, 0) is 6.07 Å². The smallest absolute Gasteiger partial charge is 0.341 e. The second-order valence-electron chi connectivity index (χ2n) is 3.38. The first-order valence-electron chi connectivity index (χ1n) is 4.67. The fraction of sp³-hybridized carbons (Fsp3) is 0.300. The molecule has 2 atom stereocenters.